The number of rotatable bonds is 4. The zero-order valence-electron chi connectivity index (χ0n) is 15.1. The lowest BCUT2D eigenvalue weighted by molar-refractivity contribution is 0.102. The maximum atomic E-state index is 12.6. The molecule has 1 amide bonds. The number of aromatic nitrogens is 2. The molecule has 6 nitrogen and oxygen atoms in total. The fraction of sp³-hybridized carbons (Fsp3) is 0.190. The van der Waals surface area contributed by atoms with Crippen LogP contribution >= 0.6 is 0 Å². The predicted octanol–water partition coefficient (Wildman–Crippen LogP) is 3.30. The summed E-state index contributed by atoms with van der Waals surface area (Å²) in [6.45, 7) is 1.64. The van der Waals surface area contributed by atoms with Gasteiger partial charge < -0.3 is 15.0 Å². The molecule has 0 atom stereocenters. The number of nitrogens with one attached hydrogen (secondary N) is 1. The molecule has 0 bridgehead atoms. The van der Waals surface area contributed by atoms with E-state index in [-0.39, 0.29) is 5.91 Å². The van der Waals surface area contributed by atoms with Crippen LogP contribution < -0.4 is 15.0 Å². The molecule has 1 aliphatic rings. The van der Waals surface area contributed by atoms with E-state index < -0.39 is 0 Å². The predicted molar refractivity (Wildman–Crippen MR) is 104 cm³/mol. The SMILES string of the molecule is COc1ccccc1NC(=O)c1cc(N2CCc3ccccc3C2)ncn1. The van der Waals surface area contributed by atoms with Crippen LogP contribution in [0.25, 0.3) is 0 Å². The average molecular weight is 360 g/mol. The van der Waals surface area contributed by atoms with Crippen molar-refractivity contribution in [3.8, 4) is 5.75 Å². The number of hydrogen-bond donors (Lipinski definition) is 1. The molecule has 0 saturated carbocycles. The Morgan fingerprint density at radius 3 is 2.70 bits per heavy atom. The van der Waals surface area contributed by atoms with E-state index in [2.05, 4.69) is 44.5 Å². The van der Waals surface area contributed by atoms with Crippen LogP contribution in [0.2, 0.25) is 0 Å². The summed E-state index contributed by atoms with van der Waals surface area (Å²) in [5.74, 6) is 1.07. The van der Waals surface area contributed by atoms with Gasteiger partial charge in [0.2, 0.25) is 0 Å². The molecule has 0 saturated heterocycles. The van der Waals surface area contributed by atoms with Gasteiger partial charge in [0.25, 0.3) is 5.91 Å². The third-order valence-electron chi connectivity index (χ3n) is 4.70. The van der Waals surface area contributed by atoms with Crippen molar-refractivity contribution in [2.45, 2.75) is 13.0 Å². The molecule has 2 aromatic carbocycles. The van der Waals surface area contributed by atoms with Crippen LogP contribution in [-0.4, -0.2) is 29.5 Å². The van der Waals surface area contributed by atoms with Gasteiger partial charge >= 0.3 is 0 Å². The molecule has 0 fully saturated rings. The van der Waals surface area contributed by atoms with Gasteiger partial charge in [0, 0.05) is 19.2 Å². The van der Waals surface area contributed by atoms with Crippen molar-refractivity contribution in [3.05, 3.63) is 77.7 Å². The summed E-state index contributed by atoms with van der Waals surface area (Å²) in [5, 5.41) is 2.85. The molecule has 3 aromatic rings. The molecule has 1 aromatic heterocycles. The third kappa shape index (κ3) is 3.60. The monoisotopic (exact) mass is 360 g/mol. The Balaban J connectivity index is 1.53. The van der Waals surface area contributed by atoms with Crippen molar-refractivity contribution in [3.63, 3.8) is 0 Å². The van der Waals surface area contributed by atoms with Gasteiger partial charge in [0.05, 0.1) is 12.8 Å². The number of amides is 1. The Kier molecular flexibility index (Phi) is 4.70. The molecular weight excluding hydrogens is 340 g/mol. The zero-order valence-corrected chi connectivity index (χ0v) is 15.1. The molecule has 0 aliphatic carbocycles. The van der Waals surface area contributed by atoms with Crippen LogP contribution in [0.3, 0.4) is 0 Å². The van der Waals surface area contributed by atoms with E-state index in [1.807, 2.05) is 12.1 Å². The summed E-state index contributed by atoms with van der Waals surface area (Å²) < 4.78 is 5.28. The van der Waals surface area contributed by atoms with Gasteiger partial charge in [0.1, 0.15) is 23.6 Å². The molecular formula is C21H20N4O2. The minimum atomic E-state index is -0.291. The molecule has 0 radical (unpaired) electrons. The summed E-state index contributed by atoms with van der Waals surface area (Å²) in [6, 6.07) is 17.4. The number of methoxy groups -OCH3 is 1. The molecule has 27 heavy (non-hydrogen) atoms. The van der Waals surface area contributed by atoms with E-state index in [9.17, 15) is 4.79 Å². The van der Waals surface area contributed by atoms with Crippen LogP contribution in [0.15, 0.2) is 60.9 Å². The summed E-state index contributed by atoms with van der Waals surface area (Å²) in [5.41, 5.74) is 3.60. The number of para-hydroxylation sites is 2. The second-order valence-corrected chi connectivity index (χ2v) is 6.36. The Morgan fingerprint density at radius 1 is 1.07 bits per heavy atom. The Morgan fingerprint density at radius 2 is 1.85 bits per heavy atom. The van der Waals surface area contributed by atoms with Crippen LogP contribution in [0.1, 0.15) is 21.6 Å². The zero-order chi connectivity index (χ0) is 18.6. The number of nitrogens with zero attached hydrogens (tertiary/aromatic N) is 3. The van der Waals surface area contributed by atoms with Crippen molar-refractivity contribution in [2.24, 2.45) is 0 Å². The van der Waals surface area contributed by atoms with Crippen molar-refractivity contribution in [1.82, 2.24) is 9.97 Å². The second kappa shape index (κ2) is 7.45. The van der Waals surface area contributed by atoms with E-state index in [1.54, 1.807) is 25.3 Å². The van der Waals surface area contributed by atoms with Gasteiger partial charge in [-0.25, -0.2) is 9.97 Å². The van der Waals surface area contributed by atoms with Crippen LogP contribution in [-0.2, 0) is 13.0 Å². The maximum Gasteiger partial charge on any atom is 0.274 e. The number of carbonyl (C=O) groups is 1. The van der Waals surface area contributed by atoms with Crippen molar-refractivity contribution in [1.29, 1.82) is 0 Å². The van der Waals surface area contributed by atoms with E-state index in [4.69, 9.17) is 4.74 Å². The highest BCUT2D eigenvalue weighted by Crippen LogP contribution is 2.25. The number of fused-ring (bicyclic) bond motifs is 1. The Hall–Kier alpha value is -3.41. The lowest BCUT2D eigenvalue weighted by Gasteiger charge is -2.29. The summed E-state index contributed by atoms with van der Waals surface area (Å²) in [4.78, 5) is 23.3. The molecule has 6 heteroatoms. The highest BCUT2D eigenvalue weighted by Gasteiger charge is 2.19. The summed E-state index contributed by atoms with van der Waals surface area (Å²) >= 11 is 0. The van der Waals surface area contributed by atoms with E-state index in [1.165, 1.54) is 17.5 Å². The van der Waals surface area contributed by atoms with Gasteiger partial charge in [-0.1, -0.05) is 36.4 Å². The largest absolute Gasteiger partial charge is 0.495 e. The van der Waals surface area contributed by atoms with Gasteiger partial charge in [-0.15, -0.1) is 0 Å². The maximum absolute atomic E-state index is 12.6. The molecule has 0 spiro atoms. The molecule has 0 unspecified atom stereocenters. The van der Waals surface area contributed by atoms with Gasteiger partial charge in [0.15, 0.2) is 0 Å². The minimum Gasteiger partial charge on any atom is -0.495 e. The molecule has 1 N–H and O–H groups in total. The van der Waals surface area contributed by atoms with Gasteiger partial charge in [-0.2, -0.15) is 0 Å². The normalized spacial score (nSPS) is 13.0. The summed E-state index contributed by atoms with van der Waals surface area (Å²) in [7, 11) is 1.57. The fourth-order valence-corrected chi connectivity index (χ4v) is 3.27. The summed E-state index contributed by atoms with van der Waals surface area (Å²) in [6.07, 6.45) is 2.40. The second-order valence-electron chi connectivity index (χ2n) is 6.36. The molecule has 136 valence electrons. The highest BCUT2D eigenvalue weighted by molar-refractivity contribution is 6.04. The van der Waals surface area contributed by atoms with Crippen molar-refractivity contribution in [2.75, 3.05) is 23.9 Å². The third-order valence-corrected chi connectivity index (χ3v) is 4.70. The number of anilines is 2. The lowest BCUT2D eigenvalue weighted by Crippen LogP contribution is -2.31. The first-order valence-electron chi connectivity index (χ1n) is 8.83. The molecule has 4 rings (SSSR count). The van der Waals surface area contributed by atoms with E-state index in [0.717, 1.165) is 25.3 Å². The quantitative estimate of drug-likeness (QED) is 0.773. The first kappa shape index (κ1) is 17.0. The minimum absolute atomic E-state index is 0.291. The number of ether oxygens (including phenoxy) is 1. The van der Waals surface area contributed by atoms with Crippen molar-refractivity contribution < 1.29 is 9.53 Å². The Labute approximate surface area is 157 Å². The van der Waals surface area contributed by atoms with Crippen LogP contribution in [0.4, 0.5) is 11.5 Å². The average Bonchev–Trinajstić information content (AvgIpc) is 2.74. The number of benzene rings is 2. The first-order valence-corrected chi connectivity index (χ1v) is 8.83. The molecule has 1 aliphatic heterocycles. The van der Waals surface area contributed by atoms with Crippen LogP contribution in [0, 0.1) is 0 Å². The van der Waals surface area contributed by atoms with Gasteiger partial charge in [-0.3, -0.25) is 4.79 Å². The standard InChI is InChI=1S/C21H20N4O2/c1-27-19-9-5-4-8-17(19)24-21(26)18-12-20(23-14-22-18)25-11-10-15-6-2-3-7-16(15)13-25/h2-9,12,14H,10-11,13H2,1H3,(H,24,26). The van der Waals surface area contributed by atoms with Crippen molar-refractivity contribution >= 4 is 17.4 Å². The lowest BCUT2D eigenvalue weighted by atomic mass is 10.00. The Bertz CT molecular complexity index is 974. The number of hydrogen-bond acceptors (Lipinski definition) is 5. The van der Waals surface area contributed by atoms with E-state index >= 15 is 0 Å². The van der Waals surface area contributed by atoms with Crippen LogP contribution in [0.5, 0.6) is 5.75 Å². The van der Waals surface area contributed by atoms with Gasteiger partial charge in [-0.05, 0) is 29.7 Å². The fourth-order valence-electron chi connectivity index (χ4n) is 3.27. The smallest absolute Gasteiger partial charge is 0.274 e. The first-order chi connectivity index (χ1) is 13.2. The highest BCUT2D eigenvalue weighted by atomic mass is 16.5. The molecule has 2 heterocycles. The topological polar surface area (TPSA) is 67.3 Å². The van der Waals surface area contributed by atoms with E-state index in [0.29, 0.717) is 17.1 Å². The number of carbonyl (C=O) groups excluding carboxylic acids is 1.